The molecular formula is C37H40O2. The Morgan fingerprint density at radius 1 is 0.923 bits per heavy atom. The van der Waals surface area contributed by atoms with Gasteiger partial charge in [-0.1, -0.05) is 62.3 Å². The van der Waals surface area contributed by atoms with Crippen molar-refractivity contribution in [2.24, 2.45) is 11.8 Å². The highest BCUT2D eigenvalue weighted by Gasteiger charge is 2.33. The Bertz CT molecular complexity index is 1540. The SMILES string of the molecule is Cc1cc(C)c2c(c1C)CC(CC1=C(C3=Cc4cc5c(cc4C3)CC(CCC(C)C)C5=O)C(=O)CC=C1)=CC2. The standard InChI is InChI=1S/C37H40O2/c1-21(2)9-11-27-16-30-17-28-18-31(19-29(28)20-34(30)37(27)39)36-26(7-6-8-35(36)38)14-25-10-12-32-23(4)13-22(3)24(5)33(32)15-25/h6-7,10,13,17,19-21,27H,8-9,11-12,14-16,18H2,1-5H3. The molecular weight excluding hydrogens is 476 g/mol. The van der Waals surface area contributed by atoms with E-state index in [1.807, 2.05) is 6.08 Å². The van der Waals surface area contributed by atoms with Gasteiger partial charge < -0.3 is 0 Å². The van der Waals surface area contributed by atoms with Gasteiger partial charge in [0, 0.05) is 23.5 Å². The third-order valence-corrected chi connectivity index (χ3v) is 9.55. The largest absolute Gasteiger partial charge is 0.294 e. The fraction of sp³-hybridized carbons (Fsp3) is 0.405. The minimum absolute atomic E-state index is 0.137. The molecule has 1 unspecified atom stereocenters. The molecule has 39 heavy (non-hydrogen) atoms. The molecule has 0 spiro atoms. The van der Waals surface area contributed by atoms with Gasteiger partial charge in [-0.15, -0.1) is 0 Å². The van der Waals surface area contributed by atoms with E-state index in [0.29, 0.717) is 18.1 Å². The van der Waals surface area contributed by atoms with Gasteiger partial charge in [0.1, 0.15) is 0 Å². The third kappa shape index (κ3) is 4.73. The summed E-state index contributed by atoms with van der Waals surface area (Å²) < 4.78 is 0. The molecule has 0 radical (unpaired) electrons. The van der Waals surface area contributed by atoms with Crippen LogP contribution < -0.4 is 0 Å². The topological polar surface area (TPSA) is 34.1 Å². The molecule has 0 saturated carbocycles. The quantitative estimate of drug-likeness (QED) is 0.362. The molecule has 0 bridgehead atoms. The highest BCUT2D eigenvalue weighted by atomic mass is 16.1. The summed E-state index contributed by atoms with van der Waals surface area (Å²) in [6.07, 6.45) is 15.8. The maximum Gasteiger partial charge on any atom is 0.167 e. The Labute approximate surface area is 233 Å². The molecule has 0 saturated heterocycles. The van der Waals surface area contributed by atoms with Crippen LogP contribution >= 0.6 is 0 Å². The Balaban J connectivity index is 1.27. The van der Waals surface area contributed by atoms with Gasteiger partial charge in [0.2, 0.25) is 0 Å². The molecule has 1 atom stereocenters. The first kappa shape index (κ1) is 26.0. The molecule has 2 aromatic rings. The maximum atomic E-state index is 13.3. The second kappa shape index (κ2) is 10.0. The minimum Gasteiger partial charge on any atom is -0.294 e. The predicted molar refractivity (Wildman–Crippen MR) is 160 cm³/mol. The van der Waals surface area contributed by atoms with E-state index in [-0.39, 0.29) is 11.7 Å². The molecule has 0 aliphatic heterocycles. The zero-order valence-electron chi connectivity index (χ0n) is 24.2. The number of ketones is 2. The van der Waals surface area contributed by atoms with E-state index >= 15 is 0 Å². The first-order valence-corrected chi connectivity index (χ1v) is 14.8. The molecule has 4 aliphatic rings. The van der Waals surface area contributed by atoms with Gasteiger partial charge in [0.25, 0.3) is 0 Å². The normalized spacial score (nSPS) is 19.9. The number of carbonyl (C=O) groups excluding carboxylic acids is 2. The fourth-order valence-corrected chi connectivity index (χ4v) is 7.22. The average Bonchev–Trinajstić information content (AvgIpc) is 3.44. The summed E-state index contributed by atoms with van der Waals surface area (Å²) in [7, 11) is 0. The van der Waals surface area contributed by atoms with E-state index in [9.17, 15) is 9.59 Å². The molecule has 0 amide bonds. The predicted octanol–water partition coefficient (Wildman–Crippen LogP) is 8.28. The van der Waals surface area contributed by atoms with Gasteiger partial charge in [-0.25, -0.2) is 0 Å². The Morgan fingerprint density at radius 3 is 2.54 bits per heavy atom. The van der Waals surface area contributed by atoms with Crippen LogP contribution in [-0.2, 0) is 30.5 Å². The summed E-state index contributed by atoms with van der Waals surface area (Å²) in [5.41, 5.74) is 16.3. The van der Waals surface area contributed by atoms with Crippen LogP contribution in [0.1, 0.15) is 94.4 Å². The van der Waals surface area contributed by atoms with Crippen molar-refractivity contribution >= 4 is 17.6 Å². The zero-order valence-corrected chi connectivity index (χ0v) is 24.2. The molecule has 2 aromatic carbocycles. The van der Waals surface area contributed by atoms with Crippen molar-refractivity contribution in [3.8, 4) is 0 Å². The van der Waals surface area contributed by atoms with Crippen molar-refractivity contribution in [2.45, 2.75) is 86.0 Å². The van der Waals surface area contributed by atoms with Crippen molar-refractivity contribution in [1.82, 2.24) is 0 Å². The van der Waals surface area contributed by atoms with Gasteiger partial charge in [0.15, 0.2) is 11.6 Å². The Morgan fingerprint density at radius 2 is 1.74 bits per heavy atom. The summed E-state index contributed by atoms with van der Waals surface area (Å²) in [4.78, 5) is 26.5. The van der Waals surface area contributed by atoms with Crippen molar-refractivity contribution in [1.29, 1.82) is 0 Å². The van der Waals surface area contributed by atoms with Crippen LogP contribution in [0.5, 0.6) is 0 Å². The van der Waals surface area contributed by atoms with Crippen LogP contribution in [0.25, 0.3) is 6.08 Å². The Kier molecular flexibility index (Phi) is 6.69. The van der Waals surface area contributed by atoms with Crippen LogP contribution in [-0.4, -0.2) is 11.6 Å². The average molecular weight is 517 g/mol. The summed E-state index contributed by atoms with van der Waals surface area (Å²) >= 11 is 0. The van der Waals surface area contributed by atoms with Crippen LogP contribution in [0.4, 0.5) is 0 Å². The highest BCUT2D eigenvalue weighted by Crippen LogP contribution is 2.40. The molecule has 2 heteroatoms. The number of aryl methyl sites for hydroxylation is 2. The lowest BCUT2D eigenvalue weighted by Crippen LogP contribution is -2.13. The van der Waals surface area contributed by atoms with Crippen LogP contribution in [0.3, 0.4) is 0 Å². The molecule has 0 aromatic heterocycles. The van der Waals surface area contributed by atoms with Crippen molar-refractivity contribution in [3.05, 3.63) is 109 Å². The summed E-state index contributed by atoms with van der Waals surface area (Å²) in [5.74, 6) is 1.30. The Hall–Kier alpha value is -3.26. The van der Waals surface area contributed by atoms with E-state index in [0.717, 1.165) is 72.8 Å². The molecule has 200 valence electrons. The van der Waals surface area contributed by atoms with Gasteiger partial charge in [-0.2, -0.15) is 0 Å². The van der Waals surface area contributed by atoms with Gasteiger partial charge in [-0.05, 0) is 127 Å². The van der Waals surface area contributed by atoms with E-state index in [2.05, 4.69) is 71.0 Å². The van der Waals surface area contributed by atoms with Gasteiger partial charge in [0.05, 0.1) is 0 Å². The number of carbonyl (C=O) groups is 2. The van der Waals surface area contributed by atoms with E-state index in [1.165, 1.54) is 44.5 Å². The van der Waals surface area contributed by atoms with Crippen LogP contribution in [0.15, 0.2) is 58.7 Å². The number of benzene rings is 2. The number of fused-ring (bicyclic) bond motifs is 3. The third-order valence-electron chi connectivity index (χ3n) is 9.55. The van der Waals surface area contributed by atoms with Gasteiger partial charge in [-0.3, -0.25) is 9.59 Å². The lowest BCUT2D eigenvalue weighted by atomic mass is 9.80. The molecule has 4 aliphatic carbocycles. The van der Waals surface area contributed by atoms with E-state index < -0.39 is 0 Å². The number of hydrogen-bond acceptors (Lipinski definition) is 2. The lowest BCUT2D eigenvalue weighted by Gasteiger charge is -2.24. The molecule has 0 fully saturated rings. The maximum absolute atomic E-state index is 13.3. The first-order chi connectivity index (χ1) is 18.7. The molecule has 0 heterocycles. The monoisotopic (exact) mass is 516 g/mol. The lowest BCUT2D eigenvalue weighted by molar-refractivity contribution is -0.114. The number of hydrogen-bond donors (Lipinski definition) is 0. The van der Waals surface area contributed by atoms with Crippen LogP contribution in [0.2, 0.25) is 0 Å². The van der Waals surface area contributed by atoms with Crippen molar-refractivity contribution < 1.29 is 9.59 Å². The van der Waals surface area contributed by atoms with Gasteiger partial charge >= 0.3 is 0 Å². The summed E-state index contributed by atoms with van der Waals surface area (Å²) in [5, 5.41) is 0. The number of rotatable bonds is 6. The molecule has 6 rings (SSSR count). The molecule has 2 nitrogen and oxygen atoms in total. The van der Waals surface area contributed by atoms with Crippen molar-refractivity contribution in [2.75, 3.05) is 0 Å². The summed E-state index contributed by atoms with van der Waals surface area (Å²) in [6.45, 7) is 11.1. The van der Waals surface area contributed by atoms with E-state index in [4.69, 9.17) is 0 Å². The van der Waals surface area contributed by atoms with Crippen LogP contribution in [0, 0.1) is 32.6 Å². The summed E-state index contributed by atoms with van der Waals surface area (Å²) in [6, 6.07) is 6.70. The van der Waals surface area contributed by atoms with E-state index in [1.54, 1.807) is 0 Å². The molecule has 0 N–H and O–H groups in total. The minimum atomic E-state index is 0.137. The fourth-order valence-electron chi connectivity index (χ4n) is 7.22. The first-order valence-electron chi connectivity index (χ1n) is 14.8. The second-order valence-electron chi connectivity index (χ2n) is 12.7. The number of Topliss-reactive ketones (excluding diaryl/α,β-unsaturated/α-hetero) is 2. The highest BCUT2D eigenvalue weighted by molar-refractivity contribution is 6.06. The number of allylic oxidation sites excluding steroid dienone is 7. The second-order valence-corrected chi connectivity index (χ2v) is 12.7. The van der Waals surface area contributed by atoms with Crippen molar-refractivity contribution in [3.63, 3.8) is 0 Å². The smallest absolute Gasteiger partial charge is 0.167 e. The zero-order chi connectivity index (χ0) is 27.4.